The van der Waals surface area contributed by atoms with Crippen LogP contribution >= 0.6 is 0 Å². The van der Waals surface area contributed by atoms with Gasteiger partial charge >= 0.3 is 0 Å². The normalized spacial score (nSPS) is 26.5. The van der Waals surface area contributed by atoms with Crippen LogP contribution in [-0.4, -0.2) is 12.1 Å². The molecule has 0 bridgehead atoms. The molecule has 1 heteroatoms. The third-order valence-corrected chi connectivity index (χ3v) is 3.60. The Bertz CT molecular complexity index is 145. The van der Waals surface area contributed by atoms with E-state index in [1.54, 1.807) is 0 Å². The molecule has 76 valence electrons. The third-order valence-electron chi connectivity index (χ3n) is 3.60. The molecule has 2 aliphatic rings. The Kier molecular flexibility index (Phi) is 3.26. The van der Waals surface area contributed by atoms with Gasteiger partial charge in [-0.1, -0.05) is 26.2 Å². The Balaban J connectivity index is 1.74. The molecule has 13 heavy (non-hydrogen) atoms. The number of rotatable bonds is 5. The van der Waals surface area contributed by atoms with Crippen LogP contribution in [0.15, 0.2) is 0 Å². The Morgan fingerprint density at radius 1 is 1.15 bits per heavy atom. The molecule has 0 amide bonds. The summed E-state index contributed by atoms with van der Waals surface area (Å²) in [5, 5.41) is 3.88. The minimum Gasteiger partial charge on any atom is -0.311 e. The minimum atomic E-state index is 0.869. The largest absolute Gasteiger partial charge is 0.311 e. The summed E-state index contributed by atoms with van der Waals surface area (Å²) in [4.78, 5) is 0. The van der Waals surface area contributed by atoms with E-state index in [4.69, 9.17) is 0 Å². The van der Waals surface area contributed by atoms with Crippen molar-refractivity contribution in [3.05, 3.63) is 0 Å². The molecule has 0 heterocycles. The van der Waals surface area contributed by atoms with Gasteiger partial charge in [-0.15, -0.1) is 0 Å². The van der Waals surface area contributed by atoms with Gasteiger partial charge in [-0.05, 0) is 38.0 Å². The molecule has 1 unspecified atom stereocenters. The van der Waals surface area contributed by atoms with Crippen molar-refractivity contribution in [2.24, 2.45) is 5.92 Å². The molecule has 0 spiro atoms. The molecular weight excluding hydrogens is 158 g/mol. The van der Waals surface area contributed by atoms with Gasteiger partial charge in [0.05, 0.1) is 0 Å². The van der Waals surface area contributed by atoms with E-state index in [0.29, 0.717) is 0 Å². The lowest BCUT2D eigenvalue weighted by Gasteiger charge is -2.22. The molecule has 0 radical (unpaired) electrons. The van der Waals surface area contributed by atoms with Crippen LogP contribution in [0.4, 0.5) is 0 Å². The maximum atomic E-state index is 3.88. The molecule has 2 aliphatic carbocycles. The Morgan fingerprint density at radius 3 is 2.38 bits per heavy atom. The summed E-state index contributed by atoms with van der Waals surface area (Å²) in [6.45, 7) is 2.31. The van der Waals surface area contributed by atoms with Gasteiger partial charge in [0.1, 0.15) is 0 Å². The molecule has 2 fully saturated rings. The molecule has 0 aromatic heterocycles. The highest BCUT2D eigenvalue weighted by molar-refractivity contribution is 4.89. The molecule has 0 aromatic rings. The van der Waals surface area contributed by atoms with Crippen molar-refractivity contribution in [2.75, 3.05) is 0 Å². The quantitative estimate of drug-likeness (QED) is 0.687. The zero-order chi connectivity index (χ0) is 9.10. The van der Waals surface area contributed by atoms with Gasteiger partial charge in [0, 0.05) is 12.1 Å². The molecule has 1 nitrogen and oxygen atoms in total. The number of nitrogens with one attached hydrogen (secondary N) is 1. The van der Waals surface area contributed by atoms with Gasteiger partial charge < -0.3 is 5.32 Å². The van der Waals surface area contributed by atoms with Crippen molar-refractivity contribution in [3.8, 4) is 0 Å². The van der Waals surface area contributed by atoms with Crippen LogP contribution < -0.4 is 5.32 Å². The van der Waals surface area contributed by atoms with Crippen molar-refractivity contribution in [1.82, 2.24) is 5.32 Å². The summed E-state index contributed by atoms with van der Waals surface area (Å²) < 4.78 is 0. The molecule has 0 aliphatic heterocycles. The predicted octanol–water partition coefficient (Wildman–Crippen LogP) is 3.10. The van der Waals surface area contributed by atoms with E-state index in [2.05, 4.69) is 12.2 Å². The lowest BCUT2D eigenvalue weighted by atomic mass is 10.1. The SMILES string of the molecule is CCCC(NC1CCCC1)C1CC1. The second kappa shape index (κ2) is 4.45. The molecule has 2 rings (SSSR count). The molecule has 2 saturated carbocycles. The second-order valence-electron chi connectivity index (χ2n) is 4.88. The molecule has 1 N–H and O–H groups in total. The van der Waals surface area contributed by atoms with Crippen LogP contribution in [0, 0.1) is 5.92 Å². The minimum absolute atomic E-state index is 0.869. The first kappa shape index (κ1) is 9.51. The fourth-order valence-corrected chi connectivity index (χ4v) is 2.66. The van der Waals surface area contributed by atoms with Crippen molar-refractivity contribution in [3.63, 3.8) is 0 Å². The highest BCUT2D eigenvalue weighted by atomic mass is 15.0. The van der Waals surface area contributed by atoms with Crippen LogP contribution in [0.5, 0.6) is 0 Å². The average molecular weight is 181 g/mol. The topological polar surface area (TPSA) is 12.0 Å². The highest BCUT2D eigenvalue weighted by Gasteiger charge is 2.32. The Labute approximate surface area is 82.3 Å². The molecule has 0 saturated heterocycles. The maximum absolute atomic E-state index is 3.88. The van der Waals surface area contributed by atoms with Gasteiger partial charge in [0.2, 0.25) is 0 Å². The average Bonchev–Trinajstić information content (AvgIpc) is 2.85. The lowest BCUT2D eigenvalue weighted by Crippen LogP contribution is -2.38. The van der Waals surface area contributed by atoms with E-state index in [1.165, 1.54) is 51.4 Å². The van der Waals surface area contributed by atoms with Gasteiger partial charge in [0.15, 0.2) is 0 Å². The monoisotopic (exact) mass is 181 g/mol. The van der Waals surface area contributed by atoms with Gasteiger partial charge in [-0.2, -0.15) is 0 Å². The summed E-state index contributed by atoms with van der Waals surface area (Å²) in [6.07, 6.45) is 11.5. The van der Waals surface area contributed by atoms with Crippen LogP contribution in [0.25, 0.3) is 0 Å². The van der Waals surface area contributed by atoms with Gasteiger partial charge in [0.25, 0.3) is 0 Å². The fourth-order valence-electron chi connectivity index (χ4n) is 2.66. The van der Waals surface area contributed by atoms with Crippen molar-refractivity contribution in [1.29, 1.82) is 0 Å². The van der Waals surface area contributed by atoms with Crippen molar-refractivity contribution in [2.45, 2.75) is 70.4 Å². The lowest BCUT2D eigenvalue weighted by molar-refractivity contribution is 0.375. The zero-order valence-corrected chi connectivity index (χ0v) is 8.89. The maximum Gasteiger partial charge on any atom is 0.00978 e. The van der Waals surface area contributed by atoms with E-state index in [0.717, 1.165) is 18.0 Å². The summed E-state index contributed by atoms with van der Waals surface area (Å²) in [6, 6.07) is 1.74. The van der Waals surface area contributed by atoms with E-state index >= 15 is 0 Å². The Hall–Kier alpha value is -0.0400. The van der Waals surface area contributed by atoms with E-state index in [1.807, 2.05) is 0 Å². The van der Waals surface area contributed by atoms with Crippen molar-refractivity contribution < 1.29 is 0 Å². The smallest absolute Gasteiger partial charge is 0.00978 e. The first-order valence-corrected chi connectivity index (χ1v) is 6.16. The second-order valence-corrected chi connectivity index (χ2v) is 4.88. The molecule has 1 atom stereocenters. The number of hydrogen-bond acceptors (Lipinski definition) is 1. The highest BCUT2D eigenvalue weighted by Crippen LogP contribution is 2.35. The van der Waals surface area contributed by atoms with Crippen LogP contribution in [0.2, 0.25) is 0 Å². The summed E-state index contributed by atoms with van der Waals surface area (Å²) in [5.74, 6) is 1.04. The first-order valence-electron chi connectivity index (χ1n) is 6.16. The standard InChI is InChI=1S/C12H23N/c1-2-5-12(10-8-9-10)13-11-6-3-4-7-11/h10-13H,2-9H2,1H3. The first-order chi connectivity index (χ1) is 6.40. The van der Waals surface area contributed by atoms with Crippen LogP contribution in [-0.2, 0) is 0 Å². The third kappa shape index (κ3) is 2.70. The van der Waals surface area contributed by atoms with Gasteiger partial charge in [-0.25, -0.2) is 0 Å². The van der Waals surface area contributed by atoms with E-state index < -0.39 is 0 Å². The summed E-state index contributed by atoms with van der Waals surface area (Å²) in [5.41, 5.74) is 0. The van der Waals surface area contributed by atoms with Crippen molar-refractivity contribution >= 4 is 0 Å². The summed E-state index contributed by atoms with van der Waals surface area (Å²) >= 11 is 0. The van der Waals surface area contributed by atoms with Crippen LogP contribution in [0.1, 0.15) is 58.3 Å². The fraction of sp³-hybridized carbons (Fsp3) is 1.00. The number of hydrogen-bond donors (Lipinski definition) is 1. The van der Waals surface area contributed by atoms with Crippen LogP contribution in [0.3, 0.4) is 0 Å². The Morgan fingerprint density at radius 2 is 1.85 bits per heavy atom. The summed E-state index contributed by atoms with van der Waals surface area (Å²) in [7, 11) is 0. The zero-order valence-electron chi connectivity index (χ0n) is 8.89. The predicted molar refractivity (Wildman–Crippen MR) is 56.8 cm³/mol. The van der Waals surface area contributed by atoms with E-state index in [-0.39, 0.29) is 0 Å². The van der Waals surface area contributed by atoms with E-state index in [9.17, 15) is 0 Å². The van der Waals surface area contributed by atoms with Gasteiger partial charge in [-0.3, -0.25) is 0 Å². The molecular formula is C12H23N. The molecule has 0 aromatic carbocycles.